The molecule has 2 N–H and O–H groups in total. The van der Waals surface area contributed by atoms with Gasteiger partial charge in [0.25, 0.3) is 5.91 Å². The maximum absolute atomic E-state index is 12.1. The summed E-state index contributed by atoms with van der Waals surface area (Å²) >= 11 is 0. The average Bonchev–Trinajstić information content (AvgIpc) is 2.90. The molecule has 1 atom stereocenters. The van der Waals surface area contributed by atoms with Crippen molar-refractivity contribution in [2.45, 2.75) is 43.5 Å². The van der Waals surface area contributed by atoms with Gasteiger partial charge in [-0.15, -0.1) is 0 Å². The number of sulfonamides is 1. The van der Waals surface area contributed by atoms with Gasteiger partial charge in [-0.25, -0.2) is 21.6 Å². The first-order chi connectivity index (χ1) is 11.7. The summed E-state index contributed by atoms with van der Waals surface area (Å²) in [6.45, 7) is 2.42. The van der Waals surface area contributed by atoms with Gasteiger partial charge in [0.2, 0.25) is 10.0 Å². The highest BCUT2D eigenvalue weighted by Crippen LogP contribution is 2.14. The van der Waals surface area contributed by atoms with Gasteiger partial charge in [-0.1, -0.05) is 19.8 Å². The highest BCUT2D eigenvalue weighted by atomic mass is 32.2. The fraction of sp³-hybridized carbons (Fsp3) is 0.562. The fourth-order valence-electron chi connectivity index (χ4n) is 2.63. The molecule has 1 saturated heterocycles. The van der Waals surface area contributed by atoms with Crippen LogP contribution in [-0.2, 0) is 19.9 Å². The lowest BCUT2D eigenvalue weighted by Crippen LogP contribution is -2.35. The van der Waals surface area contributed by atoms with Crippen LogP contribution in [0.15, 0.2) is 29.2 Å². The molecule has 25 heavy (non-hydrogen) atoms. The van der Waals surface area contributed by atoms with E-state index in [0.29, 0.717) is 18.5 Å². The Labute approximate surface area is 149 Å². The largest absolute Gasteiger partial charge is 0.348 e. The number of hydrogen-bond acceptors (Lipinski definition) is 5. The van der Waals surface area contributed by atoms with Crippen LogP contribution in [0.1, 0.15) is 43.0 Å². The Balaban J connectivity index is 1.95. The summed E-state index contributed by atoms with van der Waals surface area (Å²) in [6, 6.07) is 5.23. The number of carbonyl (C=O) groups is 1. The molecule has 0 saturated carbocycles. The minimum atomic E-state index is -3.58. The van der Waals surface area contributed by atoms with Gasteiger partial charge in [-0.2, -0.15) is 0 Å². The topological polar surface area (TPSA) is 109 Å². The molecule has 0 aliphatic carbocycles. The van der Waals surface area contributed by atoms with Gasteiger partial charge in [0, 0.05) is 18.2 Å². The molecule has 0 radical (unpaired) electrons. The third kappa shape index (κ3) is 5.79. The quantitative estimate of drug-likeness (QED) is 0.648. The Kier molecular flexibility index (Phi) is 6.59. The van der Waals surface area contributed by atoms with Crippen LogP contribution in [0, 0.1) is 0 Å². The Hall–Kier alpha value is -1.45. The molecule has 1 aliphatic rings. The number of nitrogens with one attached hydrogen (secondary N) is 2. The normalized spacial score (nSPS) is 19.6. The van der Waals surface area contributed by atoms with Crippen LogP contribution < -0.4 is 10.0 Å². The monoisotopic (exact) mass is 388 g/mol. The standard InChI is InChI=1S/C16H24N2O5S2/c1-2-3-4-10-17-25(22,23)15-7-5-13(6-8-15)16(19)18-14-9-11-24(20,21)12-14/h5-8,14,17H,2-4,9-12H2,1H3,(H,18,19). The summed E-state index contributed by atoms with van der Waals surface area (Å²) in [7, 11) is -6.65. The van der Waals surface area contributed by atoms with Crippen molar-refractivity contribution in [3.63, 3.8) is 0 Å². The summed E-state index contributed by atoms with van der Waals surface area (Å²) in [5, 5.41) is 2.67. The van der Waals surface area contributed by atoms with Crippen LogP contribution in [0.5, 0.6) is 0 Å². The molecule has 0 aromatic heterocycles. The van der Waals surface area contributed by atoms with Crippen molar-refractivity contribution >= 4 is 25.8 Å². The Morgan fingerprint density at radius 2 is 1.88 bits per heavy atom. The van der Waals surface area contributed by atoms with Gasteiger partial charge in [-0.3, -0.25) is 4.79 Å². The molecule has 1 amide bonds. The van der Waals surface area contributed by atoms with Crippen LogP contribution in [0.2, 0.25) is 0 Å². The molecule has 1 heterocycles. The summed E-state index contributed by atoms with van der Waals surface area (Å²) in [6.07, 6.45) is 3.15. The molecule has 1 aromatic rings. The Morgan fingerprint density at radius 3 is 2.44 bits per heavy atom. The van der Waals surface area contributed by atoms with Crippen molar-refractivity contribution < 1.29 is 21.6 Å². The van der Waals surface area contributed by atoms with E-state index in [0.717, 1.165) is 19.3 Å². The predicted octanol–water partition coefficient (Wildman–Crippen LogP) is 1.07. The number of unbranched alkanes of at least 4 members (excludes halogenated alkanes) is 2. The van der Waals surface area contributed by atoms with E-state index < -0.39 is 25.8 Å². The van der Waals surface area contributed by atoms with Crippen molar-refractivity contribution in [1.82, 2.24) is 10.0 Å². The third-order valence-corrected chi connectivity index (χ3v) is 7.31. The average molecular weight is 389 g/mol. The third-order valence-electron chi connectivity index (χ3n) is 4.07. The van der Waals surface area contributed by atoms with E-state index in [1.807, 2.05) is 6.92 Å². The van der Waals surface area contributed by atoms with E-state index in [1.54, 1.807) is 0 Å². The van der Waals surface area contributed by atoms with Gasteiger partial charge >= 0.3 is 0 Å². The second-order valence-electron chi connectivity index (χ2n) is 6.20. The molecular formula is C16H24N2O5S2. The predicted molar refractivity (Wildman–Crippen MR) is 95.7 cm³/mol. The van der Waals surface area contributed by atoms with E-state index >= 15 is 0 Å². The molecule has 1 aromatic carbocycles. The van der Waals surface area contributed by atoms with Gasteiger partial charge in [-0.05, 0) is 37.1 Å². The number of amides is 1. The SMILES string of the molecule is CCCCCNS(=O)(=O)c1ccc(C(=O)NC2CCS(=O)(=O)C2)cc1. The molecule has 140 valence electrons. The van der Waals surface area contributed by atoms with E-state index in [-0.39, 0.29) is 22.4 Å². The number of rotatable bonds is 8. The number of carbonyl (C=O) groups excluding carboxylic acids is 1. The van der Waals surface area contributed by atoms with E-state index in [1.165, 1.54) is 24.3 Å². The number of sulfone groups is 1. The number of benzene rings is 1. The van der Waals surface area contributed by atoms with Crippen molar-refractivity contribution in [2.75, 3.05) is 18.1 Å². The van der Waals surface area contributed by atoms with Crippen molar-refractivity contribution in [1.29, 1.82) is 0 Å². The van der Waals surface area contributed by atoms with Crippen LogP contribution in [-0.4, -0.2) is 46.8 Å². The molecule has 2 rings (SSSR count). The molecule has 9 heteroatoms. The molecule has 1 fully saturated rings. The molecule has 0 spiro atoms. The molecule has 1 aliphatic heterocycles. The smallest absolute Gasteiger partial charge is 0.251 e. The molecule has 0 bridgehead atoms. The van der Waals surface area contributed by atoms with Gasteiger partial charge < -0.3 is 5.32 Å². The maximum Gasteiger partial charge on any atom is 0.251 e. The maximum atomic E-state index is 12.1. The van der Waals surface area contributed by atoms with Crippen LogP contribution >= 0.6 is 0 Å². The van der Waals surface area contributed by atoms with Gasteiger partial charge in [0.1, 0.15) is 0 Å². The first-order valence-electron chi connectivity index (χ1n) is 8.34. The van der Waals surface area contributed by atoms with Gasteiger partial charge in [0.15, 0.2) is 9.84 Å². The van der Waals surface area contributed by atoms with Crippen LogP contribution in [0.3, 0.4) is 0 Å². The summed E-state index contributed by atoms with van der Waals surface area (Å²) in [5.41, 5.74) is 0.300. The lowest BCUT2D eigenvalue weighted by atomic mass is 10.2. The highest BCUT2D eigenvalue weighted by molar-refractivity contribution is 7.91. The van der Waals surface area contributed by atoms with Crippen molar-refractivity contribution in [3.8, 4) is 0 Å². The lowest BCUT2D eigenvalue weighted by Gasteiger charge is -2.11. The highest BCUT2D eigenvalue weighted by Gasteiger charge is 2.29. The second-order valence-corrected chi connectivity index (χ2v) is 10.2. The zero-order chi connectivity index (χ0) is 18.5. The van der Waals surface area contributed by atoms with Crippen molar-refractivity contribution in [2.24, 2.45) is 0 Å². The van der Waals surface area contributed by atoms with E-state index in [2.05, 4.69) is 10.0 Å². The van der Waals surface area contributed by atoms with Crippen molar-refractivity contribution in [3.05, 3.63) is 29.8 Å². The Bertz CT molecular complexity index is 801. The zero-order valence-corrected chi connectivity index (χ0v) is 15.8. The fourth-order valence-corrected chi connectivity index (χ4v) is 5.38. The molecule has 1 unspecified atom stereocenters. The summed E-state index contributed by atoms with van der Waals surface area (Å²) in [5.74, 6) is -0.368. The summed E-state index contributed by atoms with van der Waals surface area (Å²) in [4.78, 5) is 12.2. The zero-order valence-electron chi connectivity index (χ0n) is 14.2. The lowest BCUT2D eigenvalue weighted by molar-refractivity contribution is 0.0941. The van der Waals surface area contributed by atoms with Crippen LogP contribution in [0.4, 0.5) is 0 Å². The number of hydrogen-bond donors (Lipinski definition) is 2. The summed E-state index contributed by atoms with van der Waals surface area (Å²) < 4.78 is 49.7. The first-order valence-corrected chi connectivity index (χ1v) is 11.6. The Morgan fingerprint density at radius 1 is 1.20 bits per heavy atom. The van der Waals surface area contributed by atoms with Gasteiger partial charge in [0.05, 0.1) is 16.4 Å². The van der Waals surface area contributed by atoms with Crippen LogP contribution in [0.25, 0.3) is 0 Å². The minimum absolute atomic E-state index is 0.0487. The second kappa shape index (κ2) is 8.29. The molecular weight excluding hydrogens is 364 g/mol. The van der Waals surface area contributed by atoms with E-state index in [9.17, 15) is 21.6 Å². The first kappa shape index (κ1) is 19.9. The van der Waals surface area contributed by atoms with E-state index in [4.69, 9.17) is 0 Å². The minimum Gasteiger partial charge on any atom is -0.348 e. The molecule has 7 nitrogen and oxygen atoms in total.